The number of phenols is 1. The molecule has 0 heterocycles. The van der Waals surface area contributed by atoms with Gasteiger partial charge >= 0.3 is 0 Å². The third-order valence-corrected chi connectivity index (χ3v) is 2.46. The molecule has 0 saturated carbocycles. The fraction of sp³-hybridized carbons (Fsp3) is 0.571. The lowest BCUT2D eigenvalue weighted by Gasteiger charge is -2.22. The first-order valence-electron chi connectivity index (χ1n) is 5.88. The van der Waals surface area contributed by atoms with Crippen molar-refractivity contribution in [2.75, 3.05) is 6.54 Å². The molecule has 0 aliphatic carbocycles. The van der Waals surface area contributed by atoms with Crippen LogP contribution in [0.4, 0.5) is 0 Å². The maximum atomic E-state index is 9.19. The monoisotopic (exact) mass is 221 g/mol. The molecule has 1 aromatic carbocycles. The van der Waals surface area contributed by atoms with Crippen LogP contribution in [0.2, 0.25) is 0 Å². The van der Waals surface area contributed by atoms with Crippen molar-refractivity contribution >= 4 is 0 Å². The lowest BCUT2D eigenvalue weighted by Crippen LogP contribution is -2.35. The second kappa shape index (κ2) is 5.35. The van der Waals surface area contributed by atoms with Crippen molar-refractivity contribution in [3.8, 4) is 5.75 Å². The van der Waals surface area contributed by atoms with Crippen molar-refractivity contribution in [2.45, 2.75) is 40.2 Å². The van der Waals surface area contributed by atoms with Gasteiger partial charge in [0.15, 0.2) is 0 Å². The van der Waals surface area contributed by atoms with Gasteiger partial charge in [0.2, 0.25) is 0 Å². The Balaban J connectivity index is 2.39. The highest BCUT2D eigenvalue weighted by atomic mass is 16.3. The molecule has 2 heteroatoms. The van der Waals surface area contributed by atoms with E-state index in [-0.39, 0.29) is 0 Å². The van der Waals surface area contributed by atoms with E-state index in [2.05, 4.69) is 33.0 Å². The summed E-state index contributed by atoms with van der Waals surface area (Å²) in [7, 11) is 0. The van der Waals surface area contributed by atoms with Crippen LogP contribution in [0.15, 0.2) is 24.3 Å². The second-order valence-corrected chi connectivity index (χ2v) is 5.71. The van der Waals surface area contributed by atoms with E-state index in [1.807, 2.05) is 12.1 Å². The summed E-state index contributed by atoms with van der Waals surface area (Å²) in [5.74, 6) is 0.332. The van der Waals surface area contributed by atoms with Crippen LogP contribution < -0.4 is 5.32 Å². The highest BCUT2D eigenvalue weighted by Crippen LogP contribution is 2.13. The molecule has 2 N–H and O–H groups in total. The molecule has 0 bridgehead atoms. The van der Waals surface area contributed by atoms with Crippen LogP contribution in [0.5, 0.6) is 5.75 Å². The number of nitrogens with one attached hydrogen (secondary N) is 1. The largest absolute Gasteiger partial charge is 0.508 e. The second-order valence-electron chi connectivity index (χ2n) is 5.71. The number of phenolic OH excluding ortho intramolecular Hbond substituents is 1. The maximum Gasteiger partial charge on any atom is 0.115 e. The Kier molecular flexibility index (Phi) is 4.36. The van der Waals surface area contributed by atoms with Gasteiger partial charge in [-0.05, 0) is 36.5 Å². The van der Waals surface area contributed by atoms with Crippen molar-refractivity contribution in [2.24, 2.45) is 5.41 Å². The molecule has 0 radical (unpaired) electrons. The zero-order chi connectivity index (χ0) is 12.2. The Hall–Kier alpha value is -1.02. The molecule has 0 spiro atoms. The summed E-state index contributed by atoms with van der Waals surface area (Å²) in [5, 5.41) is 12.7. The molecule has 0 saturated heterocycles. The van der Waals surface area contributed by atoms with Crippen molar-refractivity contribution < 1.29 is 5.11 Å². The maximum absolute atomic E-state index is 9.19. The Bertz CT molecular complexity index is 311. The highest BCUT2D eigenvalue weighted by Gasteiger charge is 2.11. The van der Waals surface area contributed by atoms with Gasteiger partial charge in [-0.1, -0.05) is 32.9 Å². The normalized spacial score (nSPS) is 13.8. The molecule has 1 rings (SSSR count). The predicted molar refractivity (Wildman–Crippen MR) is 68.7 cm³/mol. The summed E-state index contributed by atoms with van der Waals surface area (Å²) in [5.41, 5.74) is 1.58. The van der Waals surface area contributed by atoms with Crippen molar-refractivity contribution in [3.63, 3.8) is 0 Å². The van der Waals surface area contributed by atoms with E-state index in [0.717, 1.165) is 13.0 Å². The minimum atomic E-state index is 0.323. The van der Waals surface area contributed by atoms with Crippen LogP contribution in [-0.4, -0.2) is 17.7 Å². The topological polar surface area (TPSA) is 32.3 Å². The number of aromatic hydroxyl groups is 1. The van der Waals surface area contributed by atoms with Gasteiger partial charge in [-0.2, -0.15) is 0 Å². The molecule has 0 aromatic heterocycles. The van der Waals surface area contributed by atoms with E-state index in [1.165, 1.54) is 5.56 Å². The summed E-state index contributed by atoms with van der Waals surface area (Å²) in [6.07, 6.45) is 0.996. The fourth-order valence-corrected chi connectivity index (χ4v) is 1.54. The predicted octanol–water partition coefficient (Wildman–Crippen LogP) is 2.96. The van der Waals surface area contributed by atoms with Crippen LogP contribution in [0.3, 0.4) is 0 Å². The molecule has 0 amide bonds. The molecule has 1 aromatic rings. The van der Waals surface area contributed by atoms with Gasteiger partial charge in [0.25, 0.3) is 0 Å². The Morgan fingerprint density at radius 2 is 1.75 bits per heavy atom. The van der Waals surface area contributed by atoms with Gasteiger partial charge in [-0.25, -0.2) is 0 Å². The molecular weight excluding hydrogens is 198 g/mol. The SMILES string of the molecule is CC(Cc1ccc(O)cc1)NCC(C)(C)C. The summed E-state index contributed by atoms with van der Waals surface area (Å²) in [6.45, 7) is 9.90. The molecule has 2 nitrogen and oxygen atoms in total. The van der Waals surface area contributed by atoms with Crippen LogP contribution in [0, 0.1) is 5.41 Å². The van der Waals surface area contributed by atoms with Crippen LogP contribution in [0.25, 0.3) is 0 Å². The average molecular weight is 221 g/mol. The quantitative estimate of drug-likeness (QED) is 0.819. The van der Waals surface area contributed by atoms with Crippen LogP contribution in [0.1, 0.15) is 33.3 Å². The number of hydrogen-bond acceptors (Lipinski definition) is 2. The minimum Gasteiger partial charge on any atom is -0.508 e. The zero-order valence-corrected chi connectivity index (χ0v) is 10.7. The molecule has 0 aliphatic heterocycles. The van der Waals surface area contributed by atoms with E-state index in [0.29, 0.717) is 17.2 Å². The van der Waals surface area contributed by atoms with Crippen molar-refractivity contribution in [1.82, 2.24) is 5.32 Å². The smallest absolute Gasteiger partial charge is 0.115 e. The fourth-order valence-electron chi connectivity index (χ4n) is 1.54. The summed E-state index contributed by atoms with van der Waals surface area (Å²) in [4.78, 5) is 0. The summed E-state index contributed by atoms with van der Waals surface area (Å²) >= 11 is 0. The van der Waals surface area contributed by atoms with Crippen LogP contribution in [-0.2, 0) is 6.42 Å². The first-order chi connectivity index (χ1) is 7.37. The number of rotatable bonds is 4. The molecule has 16 heavy (non-hydrogen) atoms. The molecule has 0 aliphatic rings. The lowest BCUT2D eigenvalue weighted by atomic mass is 9.96. The van der Waals surface area contributed by atoms with E-state index in [4.69, 9.17) is 0 Å². The third kappa shape index (κ3) is 5.17. The van der Waals surface area contributed by atoms with Gasteiger partial charge < -0.3 is 10.4 Å². The Morgan fingerprint density at radius 3 is 2.25 bits per heavy atom. The Morgan fingerprint density at radius 1 is 1.19 bits per heavy atom. The third-order valence-electron chi connectivity index (χ3n) is 2.46. The number of benzene rings is 1. The lowest BCUT2D eigenvalue weighted by molar-refractivity contribution is 0.356. The highest BCUT2D eigenvalue weighted by molar-refractivity contribution is 5.26. The Labute approximate surface area is 98.7 Å². The molecule has 90 valence electrons. The standard InChI is InChI=1S/C14H23NO/c1-11(15-10-14(2,3)4)9-12-5-7-13(16)8-6-12/h5-8,11,15-16H,9-10H2,1-4H3. The van der Waals surface area contributed by atoms with Crippen molar-refractivity contribution in [1.29, 1.82) is 0 Å². The number of hydrogen-bond donors (Lipinski definition) is 2. The zero-order valence-electron chi connectivity index (χ0n) is 10.7. The average Bonchev–Trinajstić information content (AvgIpc) is 2.18. The van der Waals surface area contributed by atoms with Gasteiger partial charge in [0, 0.05) is 12.6 Å². The summed E-state index contributed by atoms with van der Waals surface area (Å²) in [6, 6.07) is 7.90. The summed E-state index contributed by atoms with van der Waals surface area (Å²) < 4.78 is 0. The van der Waals surface area contributed by atoms with Crippen LogP contribution >= 0.6 is 0 Å². The van der Waals surface area contributed by atoms with Gasteiger partial charge in [0.05, 0.1) is 0 Å². The molecule has 1 atom stereocenters. The van der Waals surface area contributed by atoms with E-state index < -0.39 is 0 Å². The molecule has 1 unspecified atom stereocenters. The van der Waals surface area contributed by atoms with E-state index in [1.54, 1.807) is 12.1 Å². The first kappa shape index (κ1) is 13.0. The molecular formula is C14H23NO. The molecule has 0 fully saturated rings. The van der Waals surface area contributed by atoms with Crippen molar-refractivity contribution in [3.05, 3.63) is 29.8 Å². The van der Waals surface area contributed by atoms with Gasteiger partial charge in [0.1, 0.15) is 5.75 Å². The first-order valence-corrected chi connectivity index (χ1v) is 5.88. The minimum absolute atomic E-state index is 0.323. The van der Waals surface area contributed by atoms with Gasteiger partial charge in [-0.3, -0.25) is 0 Å². The van der Waals surface area contributed by atoms with Gasteiger partial charge in [-0.15, -0.1) is 0 Å². The van der Waals surface area contributed by atoms with E-state index in [9.17, 15) is 5.11 Å². The van der Waals surface area contributed by atoms with E-state index >= 15 is 0 Å².